The van der Waals surface area contributed by atoms with E-state index in [2.05, 4.69) is 28.9 Å². The van der Waals surface area contributed by atoms with Crippen molar-refractivity contribution >= 4 is 16.8 Å². The summed E-state index contributed by atoms with van der Waals surface area (Å²) in [4.78, 5) is 26.2. The Balaban J connectivity index is 1.40. The molecule has 5 heteroatoms. The predicted molar refractivity (Wildman–Crippen MR) is 111 cm³/mol. The number of carbonyl (C=O) groups excluding carboxylic acids is 1. The molecule has 144 valence electrons. The lowest BCUT2D eigenvalue weighted by Gasteiger charge is -2.35. The summed E-state index contributed by atoms with van der Waals surface area (Å²) in [6.45, 7) is 8.35. The molecule has 1 amide bonds. The van der Waals surface area contributed by atoms with Gasteiger partial charge in [-0.05, 0) is 42.7 Å². The maximum atomic E-state index is 12.9. The van der Waals surface area contributed by atoms with E-state index in [0.29, 0.717) is 6.42 Å². The first-order valence-corrected chi connectivity index (χ1v) is 9.85. The van der Waals surface area contributed by atoms with Crippen molar-refractivity contribution in [2.45, 2.75) is 26.8 Å². The summed E-state index contributed by atoms with van der Waals surface area (Å²) in [5.74, 6) is 0.198. The first-order valence-electron chi connectivity index (χ1n) is 9.85. The van der Waals surface area contributed by atoms with Crippen molar-refractivity contribution in [3.05, 3.63) is 71.2 Å². The SMILES string of the molecule is Cc1nc2ccccc2c(C)c1CC(=O)N1CCN(Cc2cccnc2)CC1. The number of aryl methyl sites for hydroxylation is 2. The summed E-state index contributed by atoms with van der Waals surface area (Å²) in [6.07, 6.45) is 4.14. The van der Waals surface area contributed by atoms with Gasteiger partial charge in [-0.3, -0.25) is 19.7 Å². The van der Waals surface area contributed by atoms with Crippen molar-refractivity contribution in [2.24, 2.45) is 0 Å². The van der Waals surface area contributed by atoms with Gasteiger partial charge in [-0.25, -0.2) is 0 Å². The van der Waals surface area contributed by atoms with E-state index < -0.39 is 0 Å². The number of rotatable bonds is 4. The fraction of sp³-hybridized carbons (Fsp3) is 0.348. The molecule has 3 aromatic rings. The number of hydrogen-bond acceptors (Lipinski definition) is 4. The largest absolute Gasteiger partial charge is 0.340 e. The van der Waals surface area contributed by atoms with Gasteiger partial charge in [0.15, 0.2) is 0 Å². The highest BCUT2D eigenvalue weighted by molar-refractivity contribution is 5.86. The number of piperazine rings is 1. The van der Waals surface area contributed by atoms with E-state index in [0.717, 1.165) is 54.9 Å². The van der Waals surface area contributed by atoms with E-state index in [9.17, 15) is 4.79 Å². The van der Waals surface area contributed by atoms with Gasteiger partial charge in [0, 0.05) is 56.2 Å². The van der Waals surface area contributed by atoms with Crippen LogP contribution in [-0.4, -0.2) is 51.9 Å². The zero-order valence-electron chi connectivity index (χ0n) is 16.6. The van der Waals surface area contributed by atoms with Crippen LogP contribution in [0.15, 0.2) is 48.8 Å². The van der Waals surface area contributed by atoms with E-state index in [1.54, 1.807) is 6.20 Å². The fourth-order valence-corrected chi connectivity index (χ4v) is 4.00. The van der Waals surface area contributed by atoms with E-state index >= 15 is 0 Å². The van der Waals surface area contributed by atoms with E-state index in [-0.39, 0.29) is 5.91 Å². The molecular formula is C23H26N4O. The molecule has 0 radical (unpaired) electrons. The maximum Gasteiger partial charge on any atom is 0.227 e. The lowest BCUT2D eigenvalue weighted by atomic mass is 9.99. The smallest absolute Gasteiger partial charge is 0.227 e. The molecule has 5 nitrogen and oxygen atoms in total. The molecule has 1 aliphatic rings. The van der Waals surface area contributed by atoms with Gasteiger partial charge in [-0.1, -0.05) is 24.3 Å². The molecule has 4 rings (SSSR count). The number of aromatic nitrogens is 2. The summed E-state index contributed by atoms with van der Waals surface area (Å²) in [7, 11) is 0. The third-order valence-corrected chi connectivity index (χ3v) is 5.67. The van der Waals surface area contributed by atoms with Crippen LogP contribution >= 0.6 is 0 Å². The molecule has 0 N–H and O–H groups in total. The normalized spacial score (nSPS) is 15.1. The van der Waals surface area contributed by atoms with Gasteiger partial charge in [0.25, 0.3) is 0 Å². The second-order valence-corrected chi connectivity index (χ2v) is 7.51. The Bertz CT molecular complexity index is 979. The molecule has 0 spiro atoms. The summed E-state index contributed by atoms with van der Waals surface area (Å²) in [5, 5.41) is 1.14. The standard InChI is InChI=1S/C23H26N4O/c1-17-20-7-3-4-8-22(20)25-18(2)21(17)14-23(28)27-12-10-26(11-13-27)16-19-6-5-9-24-15-19/h3-9,15H,10-14,16H2,1-2H3. The van der Waals surface area contributed by atoms with Gasteiger partial charge in [0.1, 0.15) is 0 Å². The molecule has 0 atom stereocenters. The number of hydrogen-bond donors (Lipinski definition) is 0. The Morgan fingerprint density at radius 1 is 1.04 bits per heavy atom. The minimum atomic E-state index is 0.198. The molecule has 0 saturated carbocycles. The molecule has 1 aliphatic heterocycles. The summed E-state index contributed by atoms with van der Waals surface area (Å²) in [6, 6.07) is 12.2. The highest BCUT2D eigenvalue weighted by Gasteiger charge is 2.23. The minimum Gasteiger partial charge on any atom is -0.340 e. The van der Waals surface area contributed by atoms with Gasteiger partial charge >= 0.3 is 0 Å². The lowest BCUT2D eigenvalue weighted by Crippen LogP contribution is -2.48. The topological polar surface area (TPSA) is 49.3 Å². The van der Waals surface area contributed by atoms with Crippen LogP contribution in [0.1, 0.15) is 22.4 Å². The zero-order chi connectivity index (χ0) is 19.5. The lowest BCUT2D eigenvalue weighted by molar-refractivity contribution is -0.132. The molecule has 1 aromatic carbocycles. The number of carbonyl (C=O) groups is 1. The molecule has 2 aromatic heterocycles. The van der Waals surface area contributed by atoms with Gasteiger partial charge in [-0.15, -0.1) is 0 Å². The summed E-state index contributed by atoms with van der Waals surface area (Å²) >= 11 is 0. The molecule has 0 bridgehead atoms. The number of fused-ring (bicyclic) bond motifs is 1. The third kappa shape index (κ3) is 3.90. The molecule has 1 saturated heterocycles. The van der Waals surface area contributed by atoms with Gasteiger partial charge in [0.05, 0.1) is 11.9 Å². The van der Waals surface area contributed by atoms with Crippen LogP contribution in [0.5, 0.6) is 0 Å². The Morgan fingerprint density at radius 2 is 1.82 bits per heavy atom. The Morgan fingerprint density at radius 3 is 2.57 bits per heavy atom. The summed E-state index contributed by atoms with van der Waals surface area (Å²) < 4.78 is 0. The van der Waals surface area contributed by atoms with Crippen LogP contribution < -0.4 is 0 Å². The van der Waals surface area contributed by atoms with Crippen LogP contribution in [0, 0.1) is 13.8 Å². The van der Waals surface area contributed by atoms with Crippen molar-refractivity contribution in [1.29, 1.82) is 0 Å². The fourth-order valence-electron chi connectivity index (χ4n) is 4.00. The van der Waals surface area contributed by atoms with Crippen molar-refractivity contribution in [1.82, 2.24) is 19.8 Å². The number of nitrogens with zero attached hydrogens (tertiary/aromatic N) is 4. The highest BCUT2D eigenvalue weighted by atomic mass is 16.2. The third-order valence-electron chi connectivity index (χ3n) is 5.67. The van der Waals surface area contributed by atoms with Crippen molar-refractivity contribution < 1.29 is 4.79 Å². The highest BCUT2D eigenvalue weighted by Crippen LogP contribution is 2.23. The molecular weight excluding hydrogens is 348 g/mol. The number of para-hydroxylation sites is 1. The summed E-state index contributed by atoms with van der Waals surface area (Å²) in [5.41, 5.74) is 5.42. The Labute approximate surface area is 166 Å². The molecule has 3 heterocycles. The van der Waals surface area contributed by atoms with Crippen molar-refractivity contribution in [3.63, 3.8) is 0 Å². The quantitative estimate of drug-likeness (QED) is 0.704. The van der Waals surface area contributed by atoms with Gasteiger partial charge in [-0.2, -0.15) is 0 Å². The van der Waals surface area contributed by atoms with E-state index in [1.807, 2.05) is 42.3 Å². The molecule has 28 heavy (non-hydrogen) atoms. The van der Waals surface area contributed by atoms with E-state index in [4.69, 9.17) is 4.98 Å². The Hall–Kier alpha value is -2.79. The number of amides is 1. The van der Waals surface area contributed by atoms with Crippen molar-refractivity contribution in [3.8, 4) is 0 Å². The average molecular weight is 374 g/mol. The minimum absolute atomic E-state index is 0.198. The zero-order valence-corrected chi connectivity index (χ0v) is 16.6. The van der Waals surface area contributed by atoms with E-state index in [1.165, 1.54) is 11.1 Å². The van der Waals surface area contributed by atoms with Crippen LogP contribution in [0.3, 0.4) is 0 Å². The first kappa shape index (κ1) is 18.6. The second kappa shape index (κ2) is 8.07. The predicted octanol–water partition coefficient (Wildman–Crippen LogP) is 3.13. The second-order valence-electron chi connectivity index (χ2n) is 7.51. The van der Waals surface area contributed by atoms with Crippen LogP contribution in [0.4, 0.5) is 0 Å². The van der Waals surface area contributed by atoms with Crippen molar-refractivity contribution in [2.75, 3.05) is 26.2 Å². The number of benzene rings is 1. The average Bonchev–Trinajstić information content (AvgIpc) is 2.72. The molecule has 1 fully saturated rings. The monoisotopic (exact) mass is 374 g/mol. The Kier molecular flexibility index (Phi) is 5.35. The molecule has 0 aliphatic carbocycles. The number of pyridine rings is 2. The van der Waals surface area contributed by atoms with Gasteiger partial charge < -0.3 is 4.90 Å². The van der Waals surface area contributed by atoms with Gasteiger partial charge in [0.2, 0.25) is 5.91 Å². The van der Waals surface area contributed by atoms with Crippen LogP contribution in [0.25, 0.3) is 10.9 Å². The van der Waals surface area contributed by atoms with Crippen LogP contribution in [-0.2, 0) is 17.8 Å². The molecule has 0 unspecified atom stereocenters. The maximum absolute atomic E-state index is 12.9. The first-order chi connectivity index (χ1) is 13.6. The van der Waals surface area contributed by atoms with Crippen LogP contribution in [0.2, 0.25) is 0 Å².